The number of hydrogen-bond acceptors (Lipinski definition) is 7. The summed E-state index contributed by atoms with van der Waals surface area (Å²) in [5.74, 6) is -3.60. The van der Waals surface area contributed by atoms with Crippen LogP contribution >= 0.6 is 0 Å². The number of rotatable bonds is 11. The molecule has 0 saturated heterocycles. The standard InChI is InChI=1S/C14H26N4O7/c1-7(2)3-9(13(24)16-4-11(21)22)17-14(25)10(6-20)18-12(23)8(15)5-19/h7-10,19-20H,3-6,15H2,1-2H3,(H,16,24)(H,17,25)(H,18,23)(H,21,22). The van der Waals surface area contributed by atoms with E-state index >= 15 is 0 Å². The van der Waals surface area contributed by atoms with Gasteiger partial charge in [0.15, 0.2) is 0 Å². The maximum atomic E-state index is 12.2. The van der Waals surface area contributed by atoms with Crippen LogP contribution in [0.2, 0.25) is 0 Å². The van der Waals surface area contributed by atoms with Gasteiger partial charge in [0.05, 0.1) is 13.2 Å². The molecule has 0 spiro atoms. The first-order chi connectivity index (χ1) is 11.6. The molecule has 11 heteroatoms. The van der Waals surface area contributed by atoms with Gasteiger partial charge in [0, 0.05) is 0 Å². The highest BCUT2D eigenvalue weighted by molar-refractivity contribution is 5.93. The third-order valence-electron chi connectivity index (χ3n) is 3.10. The summed E-state index contributed by atoms with van der Waals surface area (Å²) in [6.45, 7) is 1.61. The van der Waals surface area contributed by atoms with Crippen molar-refractivity contribution in [3.63, 3.8) is 0 Å². The number of carbonyl (C=O) groups is 4. The summed E-state index contributed by atoms with van der Waals surface area (Å²) >= 11 is 0. The number of aliphatic hydroxyl groups excluding tert-OH is 2. The Bertz CT molecular complexity index is 484. The van der Waals surface area contributed by atoms with Crippen molar-refractivity contribution < 1.29 is 34.5 Å². The zero-order valence-corrected chi connectivity index (χ0v) is 14.2. The van der Waals surface area contributed by atoms with Gasteiger partial charge < -0.3 is 37.0 Å². The van der Waals surface area contributed by atoms with Gasteiger partial charge in [-0.25, -0.2) is 0 Å². The molecule has 0 aliphatic heterocycles. The molecule has 0 radical (unpaired) electrons. The average Bonchev–Trinajstić information content (AvgIpc) is 2.54. The number of hydrogen-bond donors (Lipinski definition) is 7. The SMILES string of the molecule is CC(C)CC(NC(=O)C(CO)NC(=O)C(N)CO)C(=O)NCC(=O)O. The van der Waals surface area contributed by atoms with E-state index in [1.165, 1.54) is 0 Å². The Balaban J connectivity index is 4.93. The molecule has 3 amide bonds. The summed E-state index contributed by atoms with van der Waals surface area (Å²) in [5.41, 5.74) is 5.31. The first-order valence-electron chi connectivity index (χ1n) is 7.69. The molecule has 144 valence electrons. The second-order valence-electron chi connectivity index (χ2n) is 5.84. The lowest BCUT2D eigenvalue weighted by Gasteiger charge is -2.23. The largest absolute Gasteiger partial charge is 0.480 e. The highest BCUT2D eigenvalue weighted by Crippen LogP contribution is 2.05. The van der Waals surface area contributed by atoms with E-state index in [0.29, 0.717) is 0 Å². The molecule has 0 aliphatic rings. The summed E-state index contributed by atoms with van der Waals surface area (Å²) in [5, 5.41) is 33.3. The Labute approximate surface area is 145 Å². The molecule has 0 saturated carbocycles. The van der Waals surface area contributed by atoms with Crippen molar-refractivity contribution >= 4 is 23.7 Å². The monoisotopic (exact) mass is 362 g/mol. The minimum atomic E-state index is -1.37. The Morgan fingerprint density at radius 3 is 1.92 bits per heavy atom. The Morgan fingerprint density at radius 1 is 0.920 bits per heavy atom. The normalized spacial score (nSPS) is 14.3. The molecule has 0 fully saturated rings. The van der Waals surface area contributed by atoms with Crippen molar-refractivity contribution in [3.8, 4) is 0 Å². The number of carbonyl (C=O) groups excluding carboxylic acids is 3. The van der Waals surface area contributed by atoms with Gasteiger partial charge in [-0.3, -0.25) is 19.2 Å². The average molecular weight is 362 g/mol. The number of aliphatic hydroxyl groups is 2. The maximum Gasteiger partial charge on any atom is 0.322 e. The third kappa shape index (κ3) is 8.98. The van der Waals surface area contributed by atoms with E-state index < -0.39 is 61.6 Å². The predicted molar refractivity (Wildman–Crippen MR) is 86.1 cm³/mol. The van der Waals surface area contributed by atoms with Crippen LogP contribution in [-0.4, -0.2) is 76.9 Å². The minimum absolute atomic E-state index is 0.00542. The lowest BCUT2D eigenvalue weighted by atomic mass is 10.0. The molecule has 0 aromatic heterocycles. The Hall–Kier alpha value is -2.24. The number of aliphatic carboxylic acids is 1. The number of nitrogens with one attached hydrogen (secondary N) is 3. The number of amides is 3. The van der Waals surface area contributed by atoms with Gasteiger partial charge >= 0.3 is 5.97 Å². The zero-order chi connectivity index (χ0) is 19.6. The number of nitrogens with two attached hydrogens (primary N) is 1. The van der Waals surface area contributed by atoms with Gasteiger partial charge in [0.25, 0.3) is 0 Å². The van der Waals surface area contributed by atoms with Gasteiger partial charge in [-0.1, -0.05) is 13.8 Å². The molecule has 11 nitrogen and oxygen atoms in total. The topological polar surface area (TPSA) is 191 Å². The molecule has 0 aromatic rings. The molecular weight excluding hydrogens is 336 g/mol. The van der Waals surface area contributed by atoms with Gasteiger partial charge in [-0.2, -0.15) is 0 Å². The van der Waals surface area contributed by atoms with Crippen LogP contribution in [0.4, 0.5) is 0 Å². The van der Waals surface area contributed by atoms with Gasteiger partial charge in [0.2, 0.25) is 17.7 Å². The predicted octanol–water partition coefficient (Wildman–Crippen LogP) is -3.49. The number of carboxylic acid groups (broad SMARTS) is 1. The Kier molecular flexibility index (Phi) is 10.3. The molecule has 3 atom stereocenters. The molecule has 3 unspecified atom stereocenters. The van der Waals surface area contributed by atoms with E-state index in [0.717, 1.165) is 0 Å². The van der Waals surface area contributed by atoms with Crippen LogP contribution in [0.1, 0.15) is 20.3 Å². The molecule has 8 N–H and O–H groups in total. The summed E-state index contributed by atoms with van der Waals surface area (Å²) < 4.78 is 0. The summed E-state index contributed by atoms with van der Waals surface area (Å²) in [6.07, 6.45) is 0.222. The van der Waals surface area contributed by atoms with Crippen molar-refractivity contribution in [2.45, 2.75) is 38.4 Å². The molecule has 0 aliphatic carbocycles. The van der Waals surface area contributed by atoms with Crippen LogP contribution in [0, 0.1) is 5.92 Å². The lowest BCUT2D eigenvalue weighted by molar-refractivity contribution is -0.138. The second kappa shape index (κ2) is 11.3. The van der Waals surface area contributed by atoms with Crippen molar-refractivity contribution in [2.75, 3.05) is 19.8 Å². The van der Waals surface area contributed by atoms with E-state index in [1.54, 1.807) is 13.8 Å². The summed E-state index contributed by atoms with van der Waals surface area (Å²) in [4.78, 5) is 46.3. The second-order valence-corrected chi connectivity index (χ2v) is 5.84. The smallest absolute Gasteiger partial charge is 0.322 e. The van der Waals surface area contributed by atoms with Crippen LogP contribution in [0.15, 0.2) is 0 Å². The van der Waals surface area contributed by atoms with E-state index in [1.807, 2.05) is 0 Å². The molecule has 0 aromatic carbocycles. The van der Waals surface area contributed by atoms with Gasteiger partial charge in [-0.05, 0) is 12.3 Å². The summed E-state index contributed by atoms with van der Waals surface area (Å²) in [7, 11) is 0. The first kappa shape index (κ1) is 22.8. The fourth-order valence-electron chi connectivity index (χ4n) is 1.82. The first-order valence-corrected chi connectivity index (χ1v) is 7.69. The van der Waals surface area contributed by atoms with Crippen LogP contribution in [-0.2, 0) is 19.2 Å². The van der Waals surface area contributed by atoms with Crippen LogP contribution in [0.3, 0.4) is 0 Å². The van der Waals surface area contributed by atoms with Crippen LogP contribution < -0.4 is 21.7 Å². The van der Waals surface area contributed by atoms with E-state index in [4.69, 9.17) is 15.9 Å². The highest BCUT2D eigenvalue weighted by Gasteiger charge is 2.28. The fourth-order valence-corrected chi connectivity index (χ4v) is 1.82. The molecular formula is C14H26N4O7. The van der Waals surface area contributed by atoms with Crippen LogP contribution in [0.25, 0.3) is 0 Å². The molecule has 0 bridgehead atoms. The molecule has 0 rings (SSSR count). The van der Waals surface area contributed by atoms with Crippen molar-refractivity contribution in [1.29, 1.82) is 0 Å². The van der Waals surface area contributed by atoms with E-state index in [9.17, 15) is 24.3 Å². The maximum absolute atomic E-state index is 12.2. The fraction of sp³-hybridized carbons (Fsp3) is 0.714. The Morgan fingerprint density at radius 2 is 1.48 bits per heavy atom. The van der Waals surface area contributed by atoms with Crippen molar-refractivity contribution in [1.82, 2.24) is 16.0 Å². The lowest BCUT2D eigenvalue weighted by Crippen LogP contribution is -2.57. The van der Waals surface area contributed by atoms with Crippen molar-refractivity contribution in [3.05, 3.63) is 0 Å². The minimum Gasteiger partial charge on any atom is -0.480 e. The van der Waals surface area contributed by atoms with E-state index in [-0.39, 0.29) is 12.3 Å². The number of carboxylic acids is 1. The quantitative estimate of drug-likeness (QED) is 0.197. The van der Waals surface area contributed by atoms with Crippen LogP contribution in [0.5, 0.6) is 0 Å². The van der Waals surface area contributed by atoms with Gasteiger partial charge in [0.1, 0.15) is 24.7 Å². The van der Waals surface area contributed by atoms with E-state index in [2.05, 4.69) is 16.0 Å². The zero-order valence-electron chi connectivity index (χ0n) is 14.2. The molecule has 0 heterocycles. The third-order valence-corrected chi connectivity index (χ3v) is 3.10. The highest BCUT2D eigenvalue weighted by atomic mass is 16.4. The van der Waals surface area contributed by atoms with Gasteiger partial charge in [-0.15, -0.1) is 0 Å². The summed E-state index contributed by atoms with van der Waals surface area (Å²) in [6, 6.07) is -3.66. The van der Waals surface area contributed by atoms with Crippen molar-refractivity contribution in [2.24, 2.45) is 11.7 Å². The molecule has 25 heavy (non-hydrogen) atoms.